The Labute approximate surface area is 175 Å². The highest BCUT2D eigenvalue weighted by atomic mass is 16.5. The first-order valence-corrected chi connectivity index (χ1v) is 10.0. The van der Waals surface area contributed by atoms with Crippen molar-refractivity contribution in [2.24, 2.45) is 0 Å². The predicted molar refractivity (Wildman–Crippen MR) is 119 cm³/mol. The van der Waals surface area contributed by atoms with Gasteiger partial charge in [-0.3, -0.25) is 4.79 Å². The quantitative estimate of drug-likeness (QED) is 0.451. The minimum atomic E-state index is -0.211. The smallest absolute Gasteiger partial charge is 0.262 e. The molecule has 152 valence electrons. The fraction of sp³-hybridized carbons (Fsp3) is 0.200. The Morgan fingerprint density at radius 3 is 2.63 bits per heavy atom. The molecule has 5 heteroatoms. The number of anilines is 1. The van der Waals surface area contributed by atoms with Crippen molar-refractivity contribution in [1.82, 2.24) is 4.98 Å². The molecule has 1 heterocycles. The van der Waals surface area contributed by atoms with Crippen LogP contribution < -0.4 is 10.1 Å². The van der Waals surface area contributed by atoms with Crippen LogP contribution in [-0.2, 0) is 11.2 Å². The highest BCUT2D eigenvalue weighted by Gasteiger charge is 2.10. The van der Waals surface area contributed by atoms with E-state index in [1.165, 1.54) is 5.56 Å². The number of fused-ring (bicyclic) bond motifs is 1. The number of amides is 1. The van der Waals surface area contributed by atoms with Gasteiger partial charge in [-0.05, 0) is 79.4 Å². The summed E-state index contributed by atoms with van der Waals surface area (Å²) in [6, 6.07) is 19.3. The number of rotatable bonds is 6. The number of carbonyl (C=O) groups is 1. The van der Waals surface area contributed by atoms with Gasteiger partial charge in [-0.1, -0.05) is 25.1 Å². The summed E-state index contributed by atoms with van der Waals surface area (Å²) >= 11 is 0. The molecule has 1 amide bonds. The molecule has 0 aliphatic heterocycles. The van der Waals surface area contributed by atoms with Crippen molar-refractivity contribution in [2.45, 2.75) is 27.2 Å². The van der Waals surface area contributed by atoms with Gasteiger partial charge >= 0.3 is 0 Å². The number of aromatic nitrogens is 1. The number of benzene rings is 3. The number of aryl methyl sites for hydroxylation is 2. The van der Waals surface area contributed by atoms with Crippen molar-refractivity contribution < 1.29 is 13.9 Å². The fourth-order valence-corrected chi connectivity index (χ4v) is 3.23. The second kappa shape index (κ2) is 8.41. The first-order chi connectivity index (χ1) is 14.5. The van der Waals surface area contributed by atoms with Crippen LogP contribution in [0.3, 0.4) is 0 Å². The molecule has 30 heavy (non-hydrogen) atoms. The second-order valence-electron chi connectivity index (χ2n) is 7.29. The summed E-state index contributed by atoms with van der Waals surface area (Å²) in [5.74, 6) is 1.08. The van der Waals surface area contributed by atoms with Crippen molar-refractivity contribution in [3.05, 3.63) is 77.4 Å². The van der Waals surface area contributed by atoms with E-state index in [4.69, 9.17) is 9.15 Å². The van der Waals surface area contributed by atoms with E-state index >= 15 is 0 Å². The molecule has 0 saturated heterocycles. The SMILES string of the molecule is CCc1ccc2oc(-c3ccc(NC(=O)COc4cccc(C)c4C)cc3)nc2c1. The van der Waals surface area contributed by atoms with Crippen molar-refractivity contribution in [2.75, 3.05) is 11.9 Å². The van der Waals surface area contributed by atoms with Crippen molar-refractivity contribution in [1.29, 1.82) is 0 Å². The van der Waals surface area contributed by atoms with Gasteiger partial charge in [0.1, 0.15) is 11.3 Å². The first kappa shape index (κ1) is 19.7. The zero-order chi connectivity index (χ0) is 21.1. The summed E-state index contributed by atoms with van der Waals surface area (Å²) < 4.78 is 11.5. The van der Waals surface area contributed by atoms with E-state index in [9.17, 15) is 4.79 Å². The van der Waals surface area contributed by atoms with E-state index < -0.39 is 0 Å². The Morgan fingerprint density at radius 2 is 1.87 bits per heavy atom. The van der Waals surface area contributed by atoms with Gasteiger partial charge in [-0.25, -0.2) is 4.98 Å². The van der Waals surface area contributed by atoms with Crippen molar-refractivity contribution >= 4 is 22.7 Å². The largest absolute Gasteiger partial charge is 0.483 e. The van der Waals surface area contributed by atoms with E-state index in [0.717, 1.165) is 40.0 Å². The number of hydrogen-bond donors (Lipinski definition) is 1. The molecule has 3 aromatic carbocycles. The van der Waals surface area contributed by atoms with E-state index in [1.54, 1.807) is 0 Å². The summed E-state index contributed by atoms with van der Waals surface area (Å²) in [7, 11) is 0. The molecule has 0 spiro atoms. The topological polar surface area (TPSA) is 64.4 Å². The maximum Gasteiger partial charge on any atom is 0.262 e. The van der Waals surface area contributed by atoms with Crippen LogP contribution in [0.25, 0.3) is 22.6 Å². The zero-order valence-corrected chi connectivity index (χ0v) is 17.4. The number of hydrogen-bond acceptors (Lipinski definition) is 4. The molecular weight excluding hydrogens is 376 g/mol. The van der Waals surface area contributed by atoms with Crippen LogP contribution in [0, 0.1) is 13.8 Å². The number of carbonyl (C=O) groups excluding carboxylic acids is 1. The van der Waals surface area contributed by atoms with E-state index in [-0.39, 0.29) is 12.5 Å². The lowest BCUT2D eigenvalue weighted by Crippen LogP contribution is -2.20. The molecule has 0 saturated carbocycles. The van der Waals surface area contributed by atoms with Crippen LogP contribution in [-0.4, -0.2) is 17.5 Å². The summed E-state index contributed by atoms with van der Waals surface area (Å²) in [6.45, 7) is 6.07. The normalized spacial score (nSPS) is 10.9. The Kier molecular flexibility index (Phi) is 5.53. The number of ether oxygens (including phenoxy) is 1. The summed E-state index contributed by atoms with van der Waals surface area (Å²) in [5.41, 5.74) is 6.57. The lowest BCUT2D eigenvalue weighted by Gasteiger charge is -2.11. The van der Waals surface area contributed by atoms with E-state index in [2.05, 4.69) is 23.3 Å². The Bertz CT molecular complexity index is 1190. The minimum absolute atomic E-state index is 0.0447. The number of nitrogens with zero attached hydrogens (tertiary/aromatic N) is 1. The lowest BCUT2D eigenvalue weighted by atomic mass is 10.1. The monoisotopic (exact) mass is 400 g/mol. The van der Waals surface area contributed by atoms with Gasteiger partial charge in [0.05, 0.1) is 0 Å². The predicted octanol–water partition coefficient (Wildman–Crippen LogP) is 5.69. The molecule has 1 N–H and O–H groups in total. The molecule has 0 unspecified atom stereocenters. The van der Waals surface area contributed by atoms with E-state index in [0.29, 0.717) is 11.6 Å². The van der Waals surface area contributed by atoms with Gasteiger partial charge in [-0.15, -0.1) is 0 Å². The van der Waals surface area contributed by atoms with Crippen molar-refractivity contribution in [3.8, 4) is 17.2 Å². The molecule has 0 fully saturated rings. The molecule has 0 atom stereocenters. The second-order valence-corrected chi connectivity index (χ2v) is 7.29. The Balaban J connectivity index is 1.41. The Hall–Kier alpha value is -3.60. The maximum atomic E-state index is 12.2. The van der Waals surface area contributed by atoms with Crippen LogP contribution in [0.4, 0.5) is 5.69 Å². The van der Waals surface area contributed by atoms with Gasteiger partial charge in [0.25, 0.3) is 5.91 Å². The summed E-state index contributed by atoms with van der Waals surface area (Å²) in [6.07, 6.45) is 0.958. The van der Waals surface area contributed by atoms with Crippen LogP contribution in [0.15, 0.2) is 65.1 Å². The third-order valence-corrected chi connectivity index (χ3v) is 5.19. The number of oxazole rings is 1. The van der Waals surface area contributed by atoms with Gasteiger partial charge in [0.2, 0.25) is 5.89 Å². The van der Waals surface area contributed by atoms with Gasteiger partial charge in [-0.2, -0.15) is 0 Å². The van der Waals surface area contributed by atoms with Crippen LogP contribution in [0.5, 0.6) is 5.75 Å². The molecule has 5 nitrogen and oxygen atoms in total. The average molecular weight is 400 g/mol. The minimum Gasteiger partial charge on any atom is -0.483 e. The van der Waals surface area contributed by atoms with Crippen LogP contribution in [0.1, 0.15) is 23.6 Å². The third kappa shape index (κ3) is 4.20. The van der Waals surface area contributed by atoms with Gasteiger partial charge in [0.15, 0.2) is 12.2 Å². The average Bonchev–Trinajstić information content (AvgIpc) is 3.18. The standard InChI is InChI=1S/C25H24N2O3/c1-4-18-8-13-23-21(14-18)27-25(30-23)19-9-11-20(12-10-19)26-24(28)15-29-22-7-5-6-16(2)17(22)3/h5-14H,4,15H2,1-3H3,(H,26,28). The van der Waals surface area contributed by atoms with Crippen LogP contribution >= 0.6 is 0 Å². The maximum absolute atomic E-state index is 12.2. The highest BCUT2D eigenvalue weighted by molar-refractivity contribution is 5.92. The van der Waals surface area contributed by atoms with Crippen molar-refractivity contribution in [3.63, 3.8) is 0 Å². The molecule has 4 aromatic rings. The number of nitrogens with one attached hydrogen (secondary N) is 1. The molecule has 4 rings (SSSR count). The summed E-state index contributed by atoms with van der Waals surface area (Å²) in [4.78, 5) is 16.8. The molecule has 0 aliphatic carbocycles. The zero-order valence-electron chi connectivity index (χ0n) is 17.4. The molecule has 0 radical (unpaired) electrons. The Morgan fingerprint density at radius 1 is 1.07 bits per heavy atom. The summed E-state index contributed by atoms with van der Waals surface area (Å²) in [5, 5.41) is 2.85. The van der Waals surface area contributed by atoms with E-state index in [1.807, 2.05) is 68.4 Å². The molecular formula is C25H24N2O3. The van der Waals surface area contributed by atoms with Gasteiger partial charge < -0.3 is 14.5 Å². The lowest BCUT2D eigenvalue weighted by molar-refractivity contribution is -0.118. The fourth-order valence-electron chi connectivity index (χ4n) is 3.23. The highest BCUT2D eigenvalue weighted by Crippen LogP contribution is 2.26. The van der Waals surface area contributed by atoms with Crippen LogP contribution in [0.2, 0.25) is 0 Å². The molecule has 0 aliphatic rings. The first-order valence-electron chi connectivity index (χ1n) is 10.0. The third-order valence-electron chi connectivity index (χ3n) is 5.19. The molecule has 0 bridgehead atoms. The van der Waals surface area contributed by atoms with Gasteiger partial charge in [0, 0.05) is 11.3 Å². The molecule has 1 aromatic heterocycles.